The highest BCUT2D eigenvalue weighted by atomic mass is 35.5. The summed E-state index contributed by atoms with van der Waals surface area (Å²) in [5.74, 6) is 0. The fourth-order valence-corrected chi connectivity index (χ4v) is 2.00. The Labute approximate surface area is 88.5 Å². The summed E-state index contributed by atoms with van der Waals surface area (Å²) in [4.78, 5) is 0. The van der Waals surface area contributed by atoms with Gasteiger partial charge in [0, 0.05) is 30.7 Å². The second-order valence-electron chi connectivity index (χ2n) is 3.47. The molecule has 14 heavy (non-hydrogen) atoms. The lowest BCUT2D eigenvalue weighted by Crippen LogP contribution is -2.04. The van der Waals surface area contributed by atoms with Crippen molar-refractivity contribution in [2.24, 2.45) is 7.05 Å². The standard InChI is InChI=1S/C11H13ClN2/c1-13-6-8-3-4-11-9(5-8)10(12)7-14(11)2/h3-5,7,13H,6H2,1-2H3. The predicted molar refractivity (Wildman–Crippen MR) is 60.7 cm³/mol. The van der Waals surface area contributed by atoms with Gasteiger partial charge in [-0.3, -0.25) is 0 Å². The third-order valence-electron chi connectivity index (χ3n) is 2.39. The van der Waals surface area contributed by atoms with E-state index in [4.69, 9.17) is 11.6 Å². The van der Waals surface area contributed by atoms with Crippen LogP contribution < -0.4 is 5.32 Å². The third kappa shape index (κ3) is 1.51. The van der Waals surface area contributed by atoms with Crippen LogP contribution >= 0.6 is 11.6 Å². The number of nitrogens with one attached hydrogen (secondary N) is 1. The third-order valence-corrected chi connectivity index (χ3v) is 2.69. The molecule has 0 unspecified atom stereocenters. The van der Waals surface area contributed by atoms with Crippen molar-refractivity contribution in [1.82, 2.24) is 9.88 Å². The van der Waals surface area contributed by atoms with E-state index < -0.39 is 0 Å². The van der Waals surface area contributed by atoms with Gasteiger partial charge in [0.25, 0.3) is 0 Å². The Morgan fingerprint density at radius 3 is 2.93 bits per heavy atom. The van der Waals surface area contributed by atoms with E-state index in [0.717, 1.165) is 17.0 Å². The first kappa shape index (κ1) is 9.56. The Kier molecular flexibility index (Phi) is 2.48. The van der Waals surface area contributed by atoms with Crippen molar-refractivity contribution in [3.63, 3.8) is 0 Å². The van der Waals surface area contributed by atoms with Crippen molar-refractivity contribution in [3.8, 4) is 0 Å². The summed E-state index contributed by atoms with van der Waals surface area (Å²) in [6, 6.07) is 6.36. The molecule has 3 heteroatoms. The smallest absolute Gasteiger partial charge is 0.0661 e. The molecule has 0 amide bonds. The second-order valence-corrected chi connectivity index (χ2v) is 3.88. The minimum absolute atomic E-state index is 0.820. The summed E-state index contributed by atoms with van der Waals surface area (Å²) in [5.41, 5.74) is 2.43. The monoisotopic (exact) mass is 208 g/mol. The van der Waals surface area contributed by atoms with Crippen LogP contribution in [-0.2, 0) is 13.6 Å². The van der Waals surface area contributed by atoms with Crippen LogP contribution in [0.3, 0.4) is 0 Å². The van der Waals surface area contributed by atoms with E-state index in [1.54, 1.807) is 0 Å². The summed E-state index contributed by atoms with van der Waals surface area (Å²) >= 11 is 6.11. The largest absolute Gasteiger partial charge is 0.349 e. The van der Waals surface area contributed by atoms with Crippen molar-refractivity contribution < 1.29 is 0 Å². The van der Waals surface area contributed by atoms with Crippen LogP contribution in [-0.4, -0.2) is 11.6 Å². The van der Waals surface area contributed by atoms with Crippen molar-refractivity contribution in [3.05, 3.63) is 35.0 Å². The zero-order valence-corrected chi connectivity index (χ0v) is 9.10. The number of fused-ring (bicyclic) bond motifs is 1. The maximum Gasteiger partial charge on any atom is 0.0661 e. The van der Waals surface area contributed by atoms with Crippen LogP contribution in [0.15, 0.2) is 24.4 Å². The Balaban J connectivity index is 2.59. The first-order valence-electron chi connectivity index (χ1n) is 4.60. The van der Waals surface area contributed by atoms with Crippen molar-refractivity contribution in [1.29, 1.82) is 0 Å². The molecule has 0 saturated heterocycles. The number of aromatic nitrogens is 1. The molecule has 2 nitrogen and oxygen atoms in total. The molecule has 0 saturated carbocycles. The van der Waals surface area contributed by atoms with Crippen molar-refractivity contribution in [2.45, 2.75) is 6.54 Å². The lowest BCUT2D eigenvalue weighted by atomic mass is 10.1. The van der Waals surface area contributed by atoms with E-state index in [1.165, 1.54) is 11.1 Å². The van der Waals surface area contributed by atoms with Gasteiger partial charge in [-0.1, -0.05) is 17.7 Å². The molecule has 1 heterocycles. The van der Waals surface area contributed by atoms with E-state index in [9.17, 15) is 0 Å². The van der Waals surface area contributed by atoms with Gasteiger partial charge in [-0.2, -0.15) is 0 Å². The van der Waals surface area contributed by atoms with Gasteiger partial charge in [0.1, 0.15) is 0 Å². The van der Waals surface area contributed by atoms with E-state index >= 15 is 0 Å². The van der Waals surface area contributed by atoms with Crippen LogP contribution in [0.1, 0.15) is 5.56 Å². The molecule has 2 rings (SSSR count). The first-order valence-corrected chi connectivity index (χ1v) is 4.98. The van der Waals surface area contributed by atoms with Gasteiger partial charge in [-0.05, 0) is 24.7 Å². The molecular formula is C11H13ClN2. The Morgan fingerprint density at radius 1 is 1.43 bits per heavy atom. The molecule has 1 aromatic heterocycles. The Morgan fingerprint density at radius 2 is 2.21 bits per heavy atom. The Hall–Kier alpha value is -0.990. The van der Waals surface area contributed by atoms with Crippen LogP contribution in [0.25, 0.3) is 10.9 Å². The van der Waals surface area contributed by atoms with E-state index in [-0.39, 0.29) is 0 Å². The zero-order valence-electron chi connectivity index (χ0n) is 8.34. The maximum atomic E-state index is 6.11. The summed E-state index contributed by atoms with van der Waals surface area (Å²) in [6.07, 6.45) is 1.94. The quantitative estimate of drug-likeness (QED) is 0.803. The summed E-state index contributed by atoms with van der Waals surface area (Å²) in [7, 11) is 3.95. The van der Waals surface area contributed by atoms with Crippen molar-refractivity contribution >= 4 is 22.5 Å². The molecule has 0 aliphatic heterocycles. The number of nitrogens with zero attached hydrogens (tertiary/aromatic N) is 1. The first-order chi connectivity index (χ1) is 6.72. The molecule has 0 aliphatic rings. The van der Waals surface area contributed by atoms with E-state index in [0.29, 0.717) is 0 Å². The molecule has 0 aliphatic carbocycles. The van der Waals surface area contributed by atoms with E-state index in [1.807, 2.05) is 24.9 Å². The number of hydrogen-bond acceptors (Lipinski definition) is 1. The van der Waals surface area contributed by atoms with Gasteiger partial charge in [-0.25, -0.2) is 0 Å². The molecule has 0 spiro atoms. The highest BCUT2D eigenvalue weighted by Crippen LogP contribution is 2.25. The van der Waals surface area contributed by atoms with Crippen LogP contribution in [0, 0.1) is 0 Å². The molecule has 74 valence electrons. The number of benzene rings is 1. The van der Waals surface area contributed by atoms with Crippen LogP contribution in [0.2, 0.25) is 5.02 Å². The molecule has 1 N–H and O–H groups in total. The molecular weight excluding hydrogens is 196 g/mol. The number of halogens is 1. The van der Waals surface area contributed by atoms with Gasteiger partial charge >= 0.3 is 0 Å². The highest BCUT2D eigenvalue weighted by molar-refractivity contribution is 6.35. The summed E-state index contributed by atoms with van der Waals surface area (Å²) in [5, 5.41) is 5.07. The van der Waals surface area contributed by atoms with Gasteiger partial charge in [0.15, 0.2) is 0 Å². The lowest BCUT2D eigenvalue weighted by molar-refractivity contribution is 0.819. The molecule has 0 atom stereocenters. The van der Waals surface area contributed by atoms with Gasteiger partial charge in [-0.15, -0.1) is 0 Å². The summed E-state index contributed by atoms with van der Waals surface area (Å²) < 4.78 is 2.04. The fourth-order valence-electron chi connectivity index (χ4n) is 1.71. The molecule has 0 radical (unpaired) electrons. The molecule has 2 aromatic rings. The molecule has 0 fully saturated rings. The number of rotatable bonds is 2. The predicted octanol–water partition coefficient (Wildman–Crippen LogP) is 2.55. The van der Waals surface area contributed by atoms with Crippen molar-refractivity contribution in [2.75, 3.05) is 7.05 Å². The minimum atomic E-state index is 0.820. The SMILES string of the molecule is CNCc1ccc2c(c1)c(Cl)cn2C. The number of aryl methyl sites for hydroxylation is 1. The van der Waals surface area contributed by atoms with Crippen LogP contribution in [0.5, 0.6) is 0 Å². The van der Waals surface area contributed by atoms with Gasteiger partial charge < -0.3 is 9.88 Å². The van der Waals surface area contributed by atoms with Crippen LogP contribution in [0.4, 0.5) is 0 Å². The fraction of sp³-hybridized carbons (Fsp3) is 0.273. The maximum absolute atomic E-state index is 6.11. The Bertz CT molecular complexity index is 460. The zero-order chi connectivity index (χ0) is 10.1. The minimum Gasteiger partial charge on any atom is -0.349 e. The normalized spacial score (nSPS) is 11.1. The van der Waals surface area contributed by atoms with Gasteiger partial charge in [0.2, 0.25) is 0 Å². The molecule has 1 aromatic carbocycles. The second kappa shape index (κ2) is 3.64. The average Bonchev–Trinajstić information content (AvgIpc) is 2.43. The molecule has 0 bridgehead atoms. The summed E-state index contributed by atoms with van der Waals surface area (Å²) in [6.45, 7) is 0.876. The number of hydrogen-bond donors (Lipinski definition) is 1. The van der Waals surface area contributed by atoms with E-state index in [2.05, 4.69) is 23.5 Å². The lowest BCUT2D eigenvalue weighted by Gasteiger charge is -2.01. The average molecular weight is 209 g/mol. The topological polar surface area (TPSA) is 17.0 Å². The highest BCUT2D eigenvalue weighted by Gasteiger charge is 2.04. The van der Waals surface area contributed by atoms with Gasteiger partial charge in [0.05, 0.1) is 5.02 Å².